The predicted molar refractivity (Wildman–Crippen MR) is 81.8 cm³/mol. The summed E-state index contributed by atoms with van der Waals surface area (Å²) in [5, 5.41) is 10.7. The molecule has 2 aromatic carbocycles. The predicted octanol–water partition coefficient (Wildman–Crippen LogP) is 3.79. The molecule has 21 heavy (non-hydrogen) atoms. The smallest absolute Gasteiger partial charge is 0.373 e. The molecule has 3 rings (SSSR count). The van der Waals surface area contributed by atoms with Gasteiger partial charge in [-0.3, -0.25) is 0 Å². The lowest BCUT2D eigenvalue weighted by Gasteiger charge is -2.07. The van der Waals surface area contributed by atoms with Crippen molar-refractivity contribution in [3.05, 3.63) is 59.9 Å². The van der Waals surface area contributed by atoms with Gasteiger partial charge in [0.1, 0.15) is 5.03 Å². The number of aryl methyl sites for hydroxylation is 1. The molecule has 3 aromatic rings. The highest BCUT2D eigenvalue weighted by Gasteiger charge is 2.13. The van der Waals surface area contributed by atoms with Crippen LogP contribution in [0.5, 0.6) is 0 Å². The Bertz CT molecular complexity index is 833. The van der Waals surface area contributed by atoms with Crippen molar-refractivity contribution in [2.45, 2.75) is 16.8 Å². The summed E-state index contributed by atoms with van der Waals surface area (Å²) in [5.41, 5.74) is 1.79. The van der Waals surface area contributed by atoms with Gasteiger partial charge < -0.3 is 5.11 Å². The zero-order valence-corrected chi connectivity index (χ0v) is 12.1. The van der Waals surface area contributed by atoms with E-state index >= 15 is 0 Å². The van der Waals surface area contributed by atoms with Crippen LogP contribution in [-0.2, 0) is 0 Å². The average Bonchev–Trinajstić information content (AvgIpc) is 2.47. The Balaban J connectivity index is 2.13. The maximum atomic E-state index is 11.2. The number of benzene rings is 2. The minimum Gasteiger partial charge on any atom is -0.475 e. The number of nitrogens with zero attached hydrogens (tertiary/aromatic N) is 2. The third-order valence-corrected chi connectivity index (χ3v) is 3.96. The Hall–Kier alpha value is -2.40. The number of carboxylic acids is 1. The van der Waals surface area contributed by atoms with E-state index in [2.05, 4.69) is 9.97 Å². The second kappa shape index (κ2) is 5.54. The number of aromatic carboxylic acids is 1. The Morgan fingerprint density at radius 1 is 1.10 bits per heavy atom. The van der Waals surface area contributed by atoms with Gasteiger partial charge >= 0.3 is 5.97 Å². The molecule has 1 heterocycles. The first-order valence-corrected chi connectivity index (χ1v) is 7.20. The zero-order chi connectivity index (χ0) is 14.8. The third kappa shape index (κ3) is 2.87. The Morgan fingerprint density at radius 2 is 1.90 bits per heavy atom. The van der Waals surface area contributed by atoms with Crippen molar-refractivity contribution >= 4 is 28.6 Å². The molecule has 0 aliphatic heterocycles. The maximum Gasteiger partial charge on any atom is 0.373 e. The molecule has 1 aromatic heterocycles. The van der Waals surface area contributed by atoms with E-state index in [0.29, 0.717) is 10.5 Å². The molecule has 0 bridgehead atoms. The van der Waals surface area contributed by atoms with Crippen LogP contribution in [0.1, 0.15) is 16.2 Å². The van der Waals surface area contributed by atoms with E-state index in [0.717, 1.165) is 15.8 Å². The van der Waals surface area contributed by atoms with Crippen molar-refractivity contribution < 1.29 is 9.90 Å². The summed E-state index contributed by atoms with van der Waals surface area (Å²) in [4.78, 5) is 20.4. The van der Waals surface area contributed by atoms with E-state index in [1.807, 2.05) is 49.4 Å². The summed E-state index contributed by atoms with van der Waals surface area (Å²) in [6.45, 7) is 2.02. The summed E-state index contributed by atoms with van der Waals surface area (Å²) >= 11 is 1.45. The summed E-state index contributed by atoms with van der Waals surface area (Å²) in [6, 6.07) is 15.4. The first kappa shape index (κ1) is 13.6. The molecule has 1 N–H and O–H groups in total. The fourth-order valence-corrected chi connectivity index (χ4v) is 3.04. The van der Waals surface area contributed by atoms with Gasteiger partial charge in [0.15, 0.2) is 0 Å². The fraction of sp³-hybridized carbons (Fsp3) is 0.0625. The normalized spacial score (nSPS) is 10.7. The third-order valence-electron chi connectivity index (χ3n) is 2.96. The molecule has 0 saturated heterocycles. The lowest BCUT2D eigenvalue weighted by atomic mass is 10.2. The van der Waals surface area contributed by atoms with Crippen LogP contribution >= 0.6 is 11.8 Å². The van der Waals surface area contributed by atoms with Crippen molar-refractivity contribution in [3.8, 4) is 0 Å². The molecule has 0 fully saturated rings. The number of carbonyl (C=O) groups is 1. The molecule has 0 atom stereocenters. The van der Waals surface area contributed by atoms with E-state index in [-0.39, 0.29) is 5.82 Å². The molecule has 5 heteroatoms. The van der Waals surface area contributed by atoms with Gasteiger partial charge in [0, 0.05) is 10.3 Å². The second-order valence-electron chi connectivity index (χ2n) is 4.59. The van der Waals surface area contributed by atoms with Gasteiger partial charge in [-0.15, -0.1) is 0 Å². The largest absolute Gasteiger partial charge is 0.475 e. The van der Waals surface area contributed by atoms with E-state index in [1.54, 1.807) is 6.07 Å². The van der Waals surface area contributed by atoms with Crippen molar-refractivity contribution in [2.75, 3.05) is 0 Å². The molecule has 0 aliphatic carbocycles. The summed E-state index contributed by atoms with van der Waals surface area (Å²) in [6.07, 6.45) is 0. The van der Waals surface area contributed by atoms with Crippen LogP contribution in [0.3, 0.4) is 0 Å². The fourth-order valence-electron chi connectivity index (χ4n) is 2.01. The van der Waals surface area contributed by atoms with E-state index in [9.17, 15) is 4.79 Å². The van der Waals surface area contributed by atoms with Crippen molar-refractivity contribution in [1.29, 1.82) is 0 Å². The highest BCUT2D eigenvalue weighted by atomic mass is 32.2. The number of carboxylic acid groups (broad SMARTS) is 1. The molecule has 0 spiro atoms. The number of rotatable bonds is 3. The quantitative estimate of drug-likeness (QED) is 0.745. The van der Waals surface area contributed by atoms with Gasteiger partial charge in [-0.1, -0.05) is 47.7 Å². The average molecular weight is 296 g/mol. The Morgan fingerprint density at radius 3 is 2.67 bits per heavy atom. The first-order chi connectivity index (χ1) is 10.1. The van der Waals surface area contributed by atoms with E-state index < -0.39 is 5.97 Å². The summed E-state index contributed by atoms with van der Waals surface area (Å²) in [5.74, 6) is -1.30. The van der Waals surface area contributed by atoms with Crippen LogP contribution in [0.4, 0.5) is 0 Å². The SMILES string of the molecule is Cc1cccc(Sc2nc(C(=O)O)nc3ccccc23)c1. The molecular formula is C16H12N2O2S. The van der Waals surface area contributed by atoms with Crippen LogP contribution in [0.25, 0.3) is 10.9 Å². The van der Waals surface area contributed by atoms with Gasteiger partial charge in [-0.2, -0.15) is 0 Å². The van der Waals surface area contributed by atoms with Gasteiger partial charge in [0.05, 0.1) is 5.52 Å². The van der Waals surface area contributed by atoms with Crippen LogP contribution < -0.4 is 0 Å². The highest BCUT2D eigenvalue weighted by Crippen LogP contribution is 2.31. The molecule has 0 amide bonds. The van der Waals surface area contributed by atoms with Gasteiger partial charge in [-0.25, -0.2) is 14.8 Å². The monoisotopic (exact) mass is 296 g/mol. The van der Waals surface area contributed by atoms with Crippen molar-refractivity contribution in [1.82, 2.24) is 9.97 Å². The number of fused-ring (bicyclic) bond motifs is 1. The molecular weight excluding hydrogens is 284 g/mol. The lowest BCUT2D eigenvalue weighted by molar-refractivity contribution is 0.0683. The topological polar surface area (TPSA) is 63.1 Å². The number of para-hydroxylation sites is 1. The molecule has 0 aliphatic rings. The first-order valence-electron chi connectivity index (χ1n) is 6.38. The van der Waals surface area contributed by atoms with Crippen molar-refractivity contribution in [3.63, 3.8) is 0 Å². The highest BCUT2D eigenvalue weighted by molar-refractivity contribution is 7.99. The number of hydrogen-bond donors (Lipinski definition) is 1. The standard InChI is InChI=1S/C16H12N2O2S/c1-10-5-4-6-11(9-10)21-15-12-7-2-3-8-13(12)17-14(18-15)16(19)20/h2-9H,1H3,(H,19,20). The van der Waals surface area contributed by atoms with Crippen LogP contribution in [0, 0.1) is 6.92 Å². The summed E-state index contributed by atoms with van der Waals surface area (Å²) in [7, 11) is 0. The zero-order valence-electron chi connectivity index (χ0n) is 11.3. The summed E-state index contributed by atoms with van der Waals surface area (Å²) < 4.78 is 0. The molecule has 0 saturated carbocycles. The minimum absolute atomic E-state index is 0.177. The second-order valence-corrected chi connectivity index (χ2v) is 5.66. The van der Waals surface area contributed by atoms with E-state index in [4.69, 9.17) is 5.11 Å². The maximum absolute atomic E-state index is 11.2. The van der Waals surface area contributed by atoms with Gasteiger partial charge in [0.25, 0.3) is 0 Å². The Labute approximate surface area is 125 Å². The van der Waals surface area contributed by atoms with Gasteiger partial charge in [-0.05, 0) is 25.1 Å². The van der Waals surface area contributed by atoms with Crippen LogP contribution in [0.15, 0.2) is 58.5 Å². The van der Waals surface area contributed by atoms with Crippen molar-refractivity contribution in [2.24, 2.45) is 0 Å². The Kier molecular flexibility index (Phi) is 3.58. The van der Waals surface area contributed by atoms with Crippen LogP contribution in [-0.4, -0.2) is 21.0 Å². The molecule has 0 radical (unpaired) electrons. The molecule has 104 valence electrons. The van der Waals surface area contributed by atoms with E-state index in [1.165, 1.54) is 11.8 Å². The van der Waals surface area contributed by atoms with Gasteiger partial charge in [0.2, 0.25) is 5.82 Å². The van der Waals surface area contributed by atoms with Crippen LogP contribution in [0.2, 0.25) is 0 Å². The number of aromatic nitrogens is 2. The minimum atomic E-state index is -1.12. The lowest BCUT2D eigenvalue weighted by Crippen LogP contribution is -2.05. The number of hydrogen-bond acceptors (Lipinski definition) is 4. The molecule has 0 unspecified atom stereocenters. The molecule has 4 nitrogen and oxygen atoms in total.